The lowest BCUT2D eigenvalue weighted by Crippen LogP contribution is -2.39. The van der Waals surface area contributed by atoms with Gasteiger partial charge < -0.3 is 20.1 Å². The summed E-state index contributed by atoms with van der Waals surface area (Å²) in [5, 5.41) is 0. The molecule has 0 saturated carbocycles. The Hall–Kier alpha value is -1.30. The number of nitrogens with zero attached hydrogens (tertiary/aromatic N) is 2. The second kappa shape index (κ2) is 8.36. The Morgan fingerprint density at radius 3 is 2.59 bits per heavy atom. The third kappa shape index (κ3) is 5.16. The maximum absolute atomic E-state index is 5.96. The van der Waals surface area contributed by atoms with Crippen LogP contribution in [0.5, 0.6) is 11.5 Å². The van der Waals surface area contributed by atoms with Crippen LogP contribution in [0.1, 0.15) is 18.4 Å². The van der Waals surface area contributed by atoms with Crippen LogP contribution in [0.4, 0.5) is 0 Å². The van der Waals surface area contributed by atoms with E-state index in [1.54, 1.807) is 7.11 Å². The Morgan fingerprint density at radius 1 is 1.23 bits per heavy atom. The summed E-state index contributed by atoms with van der Waals surface area (Å²) in [5.41, 5.74) is 7.21. The molecule has 0 aromatic heterocycles. The molecule has 0 bridgehead atoms. The molecule has 1 aliphatic rings. The van der Waals surface area contributed by atoms with E-state index >= 15 is 0 Å². The first-order valence-electron chi connectivity index (χ1n) is 8.01. The number of piperidine rings is 1. The monoisotopic (exact) mass is 307 g/mol. The predicted molar refractivity (Wildman–Crippen MR) is 89.5 cm³/mol. The van der Waals surface area contributed by atoms with Crippen molar-refractivity contribution >= 4 is 0 Å². The van der Waals surface area contributed by atoms with Gasteiger partial charge in [-0.05, 0) is 57.7 Å². The lowest BCUT2D eigenvalue weighted by Gasteiger charge is -2.30. The Balaban J connectivity index is 1.93. The van der Waals surface area contributed by atoms with Gasteiger partial charge >= 0.3 is 0 Å². The standard InChI is InChI=1S/C17H29N3O2/c1-19(2)10-11-22-16-5-4-14(12-17(16)21-3)13-20-8-6-15(18)7-9-20/h4-5,12,15H,6-11,13,18H2,1-3H3. The van der Waals surface area contributed by atoms with Crippen molar-refractivity contribution < 1.29 is 9.47 Å². The zero-order chi connectivity index (χ0) is 15.9. The average Bonchev–Trinajstić information content (AvgIpc) is 2.50. The second-order valence-corrected chi connectivity index (χ2v) is 6.25. The van der Waals surface area contributed by atoms with Gasteiger partial charge in [-0.2, -0.15) is 0 Å². The molecule has 0 aliphatic carbocycles. The van der Waals surface area contributed by atoms with Crippen LogP contribution in [-0.2, 0) is 6.54 Å². The molecule has 1 saturated heterocycles. The number of nitrogens with two attached hydrogens (primary N) is 1. The summed E-state index contributed by atoms with van der Waals surface area (Å²) in [6.45, 7) is 4.64. The molecule has 1 aliphatic heterocycles. The summed E-state index contributed by atoms with van der Waals surface area (Å²) in [5.74, 6) is 1.62. The van der Waals surface area contributed by atoms with Gasteiger partial charge in [0.25, 0.3) is 0 Å². The molecule has 5 heteroatoms. The quantitative estimate of drug-likeness (QED) is 0.828. The number of benzene rings is 1. The van der Waals surface area contributed by atoms with Crippen molar-refractivity contribution in [3.05, 3.63) is 23.8 Å². The highest BCUT2D eigenvalue weighted by molar-refractivity contribution is 5.43. The topological polar surface area (TPSA) is 51.0 Å². The highest BCUT2D eigenvalue weighted by Gasteiger charge is 2.16. The molecule has 124 valence electrons. The van der Waals surface area contributed by atoms with E-state index in [1.165, 1.54) is 5.56 Å². The molecular weight excluding hydrogens is 278 g/mol. The smallest absolute Gasteiger partial charge is 0.161 e. The number of likely N-dealkylation sites (tertiary alicyclic amines) is 1. The summed E-state index contributed by atoms with van der Waals surface area (Å²) in [7, 11) is 5.76. The fourth-order valence-electron chi connectivity index (χ4n) is 2.64. The number of hydrogen-bond donors (Lipinski definition) is 1. The third-order valence-electron chi connectivity index (χ3n) is 4.06. The lowest BCUT2D eigenvalue weighted by atomic mass is 10.1. The van der Waals surface area contributed by atoms with E-state index in [2.05, 4.69) is 21.9 Å². The summed E-state index contributed by atoms with van der Waals surface area (Å²) < 4.78 is 11.3. The lowest BCUT2D eigenvalue weighted by molar-refractivity contribution is 0.205. The number of hydrogen-bond acceptors (Lipinski definition) is 5. The zero-order valence-electron chi connectivity index (χ0n) is 14.0. The zero-order valence-corrected chi connectivity index (χ0v) is 14.0. The SMILES string of the molecule is COc1cc(CN2CCC(N)CC2)ccc1OCCN(C)C. The van der Waals surface area contributed by atoms with Crippen LogP contribution < -0.4 is 15.2 Å². The molecule has 1 heterocycles. The Labute approximate surface area is 134 Å². The molecule has 1 aromatic carbocycles. The van der Waals surface area contributed by atoms with Crippen LogP contribution >= 0.6 is 0 Å². The minimum absolute atomic E-state index is 0.373. The van der Waals surface area contributed by atoms with E-state index in [4.69, 9.17) is 15.2 Å². The minimum Gasteiger partial charge on any atom is -0.493 e. The van der Waals surface area contributed by atoms with Gasteiger partial charge in [0.1, 0.15) is 6.61 Å². The van der Waals surface area contributed by atoms with Crippen LogP contribution in [0.3, 0.4) is 0 Å². The second-order valence-electron chi connectivity index (χ2n) is 6.25. The van der Waals surface area contributed by atoms with Crippen molar-refractivity contribution in [2.75, 3.05) is 47.4 Å². The molecule has 2 N–H and O–H groups in total. The number of ether oxygens (including phenoxy) is 2. The largest absolute Gasteiger partial charge is 0.493 e. The highest BCUT2D eigenvalue weighted by atomic mass is 16.5. The molecule has 1 fully saturated rings. The van der Waals surface area contributed by atoms with Gasteiger partial charge in [0.05, 0.1) is 7.11 Å². The molecule has 0 spiro atoms. The normalized spacial score (nSPS) is 17.0. The number of likely N-dealkylation sites (N-methyl/N-ethyl adjacent to an activating group) is 1. The molecule has 1 aromatic rings. The fraction of sp³-hybridized carbons (Fsp3) is 0.647. The van der Waals surface area contributed by atoms with Gasteiger partial charge in [-0.25, -0.2) is 0 Å². The van der Waals surface area contributed by atoms with Crippen molar-refractivity contribution in [2.45, 2.75) is 25.4 Å². The van der Waals surface area contributed by atoms with Gasteiger partial charge in [-0.3, -0.25) is 4.90 Å². The maximum atomic E-state index is 5.96. The van der Waals surface area contributed by atoms with E-state index in [0.29, 0.717) is 12.6 Å². The summed E-state index contributed by atoms with van der Waals surface area (Å²) in [6.07, 6.45) is 2.17. The van der Waals surface area contributed by atoms with Crippen molar-refractivity contribution in [1.82, 2.24) is 9.80 Å². The van der Waals surface area contributed by atoms with Crippen LogP contribution in [0.2, 0.25) is 0 Å². The van der Waals surface area contributed by atoms with Crippen LogP contribution in [0.15, 0.2) is 18.2 Å². The van der Waals surface area contributed by atoms with Gasteiger partial charge in [0.15, 0.2) is 11.5 Å². The van der Waals surface area contributed by atoms with Crippen LogP contribution in [-0.4, -0.2) is 63.3 Å². The maximum Gasteiger partial charge on any atom is 0.161 e. The van der Waals surface area contributed by atoms with Crippen molar-refractivity contribution in [2.24, 2.45) is 5.73 Å². The predicted octanol–water partition coefficient (Wildman–Crippen LogP) is 1.56. The molecule has 22 heavy (non-hydrogen) atoms. The molecule has 0 amide bonds. The summed E-state index contributed by atoms with van der Waals surface area (Å²) in [4.78, 5) is 4.55. The van der Waals surface area contributed by atoms with Crippen molar-refractivity contribution in [3.63, 3.8) is 0 Å². The minimum atomic E-state index is 0.373. The Bertz CT molecular complexity index is 457. The Morgan fingerprint density at radius 2 is 1.95 bits per heavy atom. The number of methoxy groups -OCH3 is 1. The number of rotatable bonds is 7. The van der Waals surface area contributed by atoms with Gasteiger partial charge in [-0.15, -0.1) is 0 Å². The fourth-order valence-corrected chi connectivity index (χ4v) is 2.64. The molecule has 5 nitrogen and oxygen atoms in total. The molecular formula is C17H29N3O2. The van der Waals surface area contributed by atoms with Gasteiger partial charge in [-0.1, -0.05) is 6.07 Å². The summed E-state index contributed by atoms with van der Waals surface area (Å²) in [6, 6.07) is 6.60. The molecule has 0 atom stereocenters. The Kier molecular flexibility index (Phi) is 6.49. The first-order chi connectivity index (χ1) is 10.6. The van der Waals surface area contributed by atoms with Gasteiger partial charge in [0.2, 0.25) is 0 Å². The third-order valence-corrected chi connectivity index (χ3v) is 4.06. The van der Waals surface area contributed by atoms with E-state index in [1.807, 2.05) is 20.2 Å². The first kappa shape index (κ1) is 17.1. The highest BCUT2D eigenvalue weighted by Crippen LogP contribution is 2.28. The van der Waals surface area contributed by atoms with Crippen molar-refractivity contribution in [3.8, 4) is 11.5 Å². The van der Waals surface area contributed by atoms with E-state index < -0.39 is 0 Å². The van der Waals surface area contributed by atoms with Crippen LogP contribution in [0.25, 0.3) is 0 Å². The van der Waals surface area contributed by atoms with E-state index in [0.717, 1.165) is 50.5 Å². The summed E-state index contributed by atoms with van der Waals surface area (Å²) >= 11 is 0. The molecule has 2 rings (SSSR count). The van der Waals surface area contributed by atoms with E-state index in [-0.39, 0.29) is 0 Å². The van der Waals surface area contributed by atoms with Crippen LogP contribution in [0, 0.1) is 0 Å². The first-order valence-corrected chi connectivity index (χ1v) is 8.01. The molecule has 0 radical (unpaired) electrons. The van der Waals surface area contributed by atoms with E-state index in [9.17, 15) is 0 Å². The molecule has 0 unspecified atom stereocenters. The van der Waals surface area contributed by atoms with Gasteiger partial charge in [0, 0.05) is 19.1 Å². The van der Waals surface area contributed by atoms with Crippen molar-refractivity contribution in [1.29, 1.82) is 0 Å². The average molecular weight is 307 g/mol.